The zero-order valence-corrected chi connectivity index (χ0v) is 12.4. The fourth-order valence-corrected chi connectivity index (χ4v) is 2.26. The molecule has 0 spiro atoms. The van der Waals surface area contributed by atoms with Gasteiger partial charge in [0.15, 0.2) is 0 Å². The van der Waals surface area contributed by atoms with Crippen molar-refractivity contribution in [3.8, 4) is 6.07 Å². The second-order valence-corrected chi connectivity index (χ2v) is 5.16. The van der Waals surface area contributed by atoms with E-state index in [9.17, 15) is 9.18 Å². The summed E-state index contributed by atoms with van der Waals surface area (Å²) in [6, 6.07) is 12.0. The standard InChI is InChI=1S/C15H11BrFN3O/c16-11-3-1-2-4-13(11)20-14(15(19)21)9-5-6-12(17)10(7-9)8-18/h1-7,14,20H,(H2,19,21). The Bertz CT molecular complexity index is 727. The molecule has 2 aromatic carbocycles. The van der Waals surface area contributed by atoms with Gasteiger partial charge < -0.3 is 11.1 Å². The SMILES string of the molecule is N#Cc1cc(C(Nc2ccccc2Br)C(N)=O)ccc1F. The van der Waals surface area contributed by atoms with Crippen molar-refractivity contribution < 1.29 is 9.18 Å². The van der Waals surface area contributed by atoms with E-state index in [4.69, 9.17) is 11.0 Å². The number of nitrogens with zero attached hydrogens (tertiary/aromatic N) is 1. The molecular weight excluding hydrogens is 337 g/mol. The zero-order chi connectivity index (χ0) is 15.4. The predicted molar refractivity (Wildman–Crippen MR) is 80.8 cm³/mol. The molecule has 0 aliphatic carbocycles. The summed E-state index contributed by atoms with van der Waals surface area (Å²) in [6.07, 6.45) is 0. The number of anilines is 1. The summed E-state index contributed by atoms with van der Waals surface area (Å²) in [4.78, 5) is 11.7. The largest absolute Gasteiger partial charge is 0.369 e. The van der Waals surface area contributed by atoms with E-state index in [1.807, 2.05) is 12.1 Å². The van der Waals surface area contributed by atoms with Gasteiger partial charge in [0.2, 0.25) is 5.91 Å². The third-order valence-corrected chi connectivity index (χ3v) is 3.59. The van der Waals surface area contributed by atoms with Crippen LogP contribution in [0.3, 0.4) is 0 Å². The minimum absolute atomic E-state index is 0.132. The lowest BCUT2D eigenvalue weighted by molar-refractivity contribution is -0.118. The van der Waals surface area contributed by atoms with Gasteiger partial charge in [0, 0.05) is 10.2 Å². The Morgan fingerprint density at radius 1 is 1.33 bits per heavy atom. The molecule has 1 unspecified atom stereocenters. The summed E-state index contributed by atoms with van der Waals surface area (Å²) in [5, 5.41) is 11.8. The monoisotopic (exact) mass is 347 g/mol. The van der Waals surface area contributed by atoms with Crippen LogP contribution in [0.25, 0.3) is 0 Å². The summed E-state index contributed by atoms with van der Waals surface area (Å²) in [5.41, 5.74) is 6.37. The van der Waals surface area contributed by atoms with Gasteiger partial charge in [-0.25, -0.2) is 4.39 Å². The summed E-state index contributed by atoms with van der Waals surface area (Å²) in [7, 11) is 0. The van der Waals surface area contributed by atoms with Crippen molar-refractivity contribution in [2.45, 2.75) is 6.04 Å². The first-order chi connectivity index (χ1) is 10.0. The Labute approximate surface area is 129 Å². The molecule has 0 heterocycles. The van der Waals surface area contributed by atoms with Crippen LogP contribution in [-0.2, 0) is 4.79 Å². The van der Waals surface area contributed by atoms with Gasteiger partial charge in [-0.1, -0.05) is 18.2 Å². The first-order valence-electron chi connectivity index (χ1n) is 6.03. The van der Waals surface area contributed by atoms with E-state index in [1.54, 1.807) is 18.2 Å². The zero-order valence-electron chi connectivity index (χ0n) is 10.8. The molecule has 0 aliphatic heterocycles. The average Bonchev–Trinajstić information content (AvgIpc) is 2.47. The third kappa shape index (κ3) is 3.38. The highest BCUT2D eigenvalue weighted by Crippen LogP contribution is 2.27. The Balaban J connectivity index is 2.39. The number of carbonyl (C=O) groups is 1. The predicted octanol–water partition coefficient (Wildman–Crippen LogP) is 3.10. The van der Waals surface area contributed by atoms with Crippen LogP contribution < -0.4 is 11.1 Å². The van der Waals surface area contributed by atoms with Gasteiger partial charge in [0.1, 0.15) is 17.9 Å². The number of nitrogens with one attached hydrogen (secondary N) is 1. The van der Waals surface area contributed by atoms with Crippen LogP contribution in [0.4, 0.5) is 10.1 Å². The maximum Gasteiger partial charge on any atom is 0.244 e. The molecule has 106 valence electrons. The number of para-hydroxylation sites is 1. The highest BCUT2D eigenvalue weighted by Gasteiger charge is 2.20. The number of rotatable bonds is 4. The lowest BCUT2D eigenvalue weighted by Crippen LogP contribution is -2.28. The average molecular weight is 348 g/mol. The van der Waals surface area contributed by atoms with Crippen LogP contribution in [0.2, 0.25) is 0 Å². The Kier molecular flexibility index (Phi) is 4.55. The maximum atomic E-state index is 13.4. The number of nitrogens with two attached hydrogens (primary N) is 1. The van der Waals surface area contributed by atoms with Crippen molar-refractivity contribution in [2.75, 3.05) is 5.32 Å². The van der Waals surface area contributed by atoms with Crippen LogP contribution in [0.5, 0.6) is 0 Å². The minimum atomic E-state index is -0.864. The molecule has 21 heavy (non-hydrogen) atoms. The van der Waals surface area contributed by atoms with E-state index in [1.165, 1.54) is 12.1 Å². The van der Waals surface area contributed by atoms with E-state index < -0.39 is 17.8 Å². The van der Waals surface area contributed by atoms with Crippen molar-refractivity contribution in [3.05, 3.63) is 63.9 Å². The van der Waals surface area contributed by atoms with Gasteiger partial charge in [-0.05, 0) is 45.8 Å². The third-order valence-electron chi connectivity index (χ3n) is 2.90. The summed E-state index contributed by atoms with van der Waals surface area (Å²) in [5.74, 6) is -1.26. The van der Waals surface area contributed by atoms with Crippen LogP contribution in [0, 0.1) is 17.1 Å². The second-order valence-electron chi connectivity index (χ2n) is 4.31. The summed E-state index contributed by atoms with van der Waals surface area (Å²) < 4.78 is 14.1. The normalized spacial score (nSPS) is 11.5. The Morgan fingerprint density at radius 3 is 2.67 bits per heavy atom. The summed E-state index contributed by atoms with van der Waals surface area (Å²) >= 11 is 3.36. The van der Waals surface area contributed by atoms with Crippen molar-refractivity contribution in [1.82, 2.24) is 0 Å². The number of amides is 1. The van der Waals surface area contributed by atoms with E-state index in [-0.39, 0.29) is 5.56 Å². The molecule has 6 heteroatoms. The number of hydrogen-bond acceptors (Lipinski definition) is 3. The number of benzene rings is 2. The Morgan fingerprint density at radius 2 is 2.05 bits per heavy atom. The molecule has 0 radical (unpaired) electrons. The van der Waals surface area contributed by atoms with Crippen molar-refractivity contribution in [1.29, 1.82) is 5.26 Å². The first kappa shape index (κ1) is 15.0. The lowest BCUT2D eigenvalue weighted by Gasteiger charge is -2.18. The van der Waals surface area contributed by atoms with E-state index >= 15 is 0 Å². The maximum absolute atomic E-state index is 13.4. The fourth-order valence-electron chi connectivity index (χ4n) is 1.86. The highest BCUT2D eigenvalue weighted by atomic mass is 79.9. The van der Waals surface area contributed by atoms with Gasteiger partial charge in [-0.3, -0.25) is 4.79 Å². The Hall–Kier alpha value is -2.39. The first-order valence-corrected chi connectivity index (χ1v) is 6.82. The highest BCUT2D eigenvalue weighted by molar-refractivity contribution is 9.10. The van der Waals surface area contributed by atoms with E-state index in [0.717, 1.165) is 10.5 Å². The molecule has 4 nitrogen and oxygen atoms in total. The molecule has 1 atom stereocenters. The second kappa shape index (κ2) is 6.37. The summed E-state index contributed by atoms with van der Waals surface area (Å²) in [6.45, 7) is 0. The molecule has 3 N–H and O–H groups in total. The number of nitriles is 1. The van der Waals surface area contributed by atoms with Crippen LogP contribution >= 0.6 is 15.9 Å². The topological polar surface area (TPSA) is 78.9 Å². The van der Waals surface area contributed by atoms with Crippen LogP contribution in [0.15, 0.2) is 46.9 Å². The van der Waals surface area contributed by atoms with Crippen molar-refractivity contribution in [2.24, 2.45) is 5.73 Å². The van der Waals surface area contributed by atoms with E-state index in [2.05, 4.69) is 21.2 Å². The van der Waals surface area contributed by atoms with Gasteiger partial charge in [-0.15, -0.1) is 0 Å². The van der Waals surface area contributed by atoms with Crippen LogP contribution in [0.1, 0.15) is 17.2 Å². The van der Waals surface area contributed by atoms with Gasteiger partial charge in [0.05, 0.1) is 5.56 Å². The van der Waals surface area contributed by atoms with Crippen LogP contribution in [-0.4, -0.2) is 5.91 Å². The molecule has 0 aliphatic rings. The van der Waals surface area contributed by atoms with E-state index in [0.29, 0.717) is 11.3 Å². The van der Waals surface area contributed by atoms with Crippen molar-refractivity contribution in [3.63, 3.8) is 0 Å². The smallest absolute Gasteiger partial charge is 0.244 e. The molecule has 0 saturated heterocycles. The molecule has 2 rings (SSSR count). The number of hydrogen-bond donors (Lipinski definition) is 2. The number of primary amides is 1. The fraction of sp³-hybridized carbons (Fsp3) is 0.0667. The quantitative estimate of drug-likeness (QED) is 0.891. The lowest BCUT2D eigenvalue weighted by atomic mass is 10.0. The molecular formula is C15H11BrFN3O. The van der Waals surface area contributed by atoms with Gasteiger partial charge in [0.25, 0.3) is 0 Å². The van der Waals surface area contributed by atoms with Gasteiger partial charge >= 0.3 is 0 Å². The number of carbonyl (C=O) groups excluding carboxylic acids is 1. The molecule has 0 aromatic heterocycles. The number of halogens is 2. The molecule has 0 bridgehead atoms. The molecule has 2 aromatic rings. The minimum Gasteiger partial charge on any atom is -0.369 e. The molecule has 1 amide bonds. The van der Waals surface area contributed by atoms with Gasteiger partial charge in [-0.2, -0.15) is 5.26 Å². The molecule has 0 fully saturated rings. The molecule has 0 saturated carbocycles. The van der Waals surface area contributed by atoms with Crippen molar-refractivity contribution >= 4 is 27.5 Å².